The van der Waals surface area contributed by atoms with E-state index in [1.54, 1.807) is 0 Å². The van der Waals surface area contributed by atoms with Crippen LogP contribution >= 0.6 is 23.1 Å². The third-order valence-corrected chi connectivity index (χ3v) is 7.39. The lowest BCUT2D eigenvalue weighted by molar-refractivity contribution is -0.119. The van der Waals surface area contributed by atoms with Gasteiger partial charge in [-0.1, -0.05) is 32.0 Å². The van der Waals surface area contributed by atoms with Crippen molar-refractivity contribution in [1.29, 1.82) is 5.26 Å². The predicted molar refractivity (Wildman–Crippen MR) is 114 cm³/mol. The summed E-state index contributed by atoms with van der Waals surface area (Å²) in [6.07, 6.45) is 5.27. The minimum absolute atomic E-state index is 0.127. The predicted octanol–water partition coefficient (Wildman–Crippen LogP) is 3.93. The van der Waals surface area contributed by atoms with Crippen molar-refractivity contribution in [3.05, 3.63) is 20.8 Å². The molecule has 1 aliphatic rings. The number of hydrogen-bond donors (Lipinski definition) is 2. The van der Waals surface area contributed by atoms with Gasteiger partial charge in [-0.3, -0.25) is 9.59 Å². The quantitative estimate of drug-likeness (QED) is 0.524. The Bertz CT molecular complexity index is 967. The summed E-state index contributed by atoms with van der Waals surface area (Å²) in [6.45, 7) is 6.37. The van der Waals surface area contributed by atoms with Gasteiger partial charge in [0.25, 0.3) is 5.56 Å². The Morgan fingerprint density at radius 2 is 2.18 bits per heavy atom. The van der Waals surface area contributed by atoms with Gasteiger partial charge in [0.1, 0.15) is 10.4 Å². The molecule has 0 bridgehead atoms. The van der Waals surface area contributed by atoms with Gasteiger partial charge in [-0.25, -0.2) is 4.98 Å². The molecule has 2 aromatic heterocycles. The number of H-pyrrole nitrogens is 1. The Morgan fingerprint density at radius 3 is 2.82 bits per heavy atom. The fraction of sp³-hybridized carbons (Fsp3) is 0.600. The maximum absolute atomic E-state index is 12.7. The van der Waals surface area contributed by atoms with E-state index in [-0.39, 0.29) is 17.2 Å². The Kier molecular flexibility index (Phi) is 6.46. The Balaban J connectivity index is 1.73. The Hall–Kier alpha value is -1.85. The van der Waals surface area contributed by atoms with Crippen molar-refractivity contribution < 1.29 is 4.79 Å². The zero-order valence-corrected chi connectivity index (χ0v) is 18.2. The molecular formula is C20H26N4O2S2. The van der Waals surface area contributed by atoms with Crippen molar-refractivity contribution >= 4 is 39.2 Å². The van der Waals surface area contributed by atoms with Crippen LogP contribution in [-0.2, 0) is 11.2 Å². The number of aryl methyl sites for hydroxylation is 1. The van der Waals surface area contributed by atoms with Gasteiger partial charge in [0.15, 0.2) is 5.16 Å². The number of rotatable bonds is 7. The molecule has 0 saturated heterocycles. The van der Waals surface area contributed by atoms with Crippen molar-refractivity contribution in [1.82, 2.24) is 15.3 Å². The van der Waals surface area contributed by atoms with Crippen molar-refractivity contribution in [2.24, 2.45) is 5.92 Å². The Morgan fingerprint density at radius 1 is 1.46 bits per heavy atom. The lowest BCUT2D eigenvalue weighted by Gasteiger charge is -2.21. The molecule has 150 valence electrons. The first kappa shape index (κ1) is 20.9. The molecule has 2 heterocycles. The number of thiophene rings is 1. The van der Waals surface area contributed by atoms with E-state index in [1.165, 1.54) is 23.1 Å². The third-order valence-electron chi connectivity index (χ3n) is 5.48. The standard InChI is InChI=1S/C20H26N4O2S2/c1-4-12(2)9-14-13(3)28-18-16(14)17(26)22-19(23-18)27-10-15(25)24-20(11-21)7-5-6-8-20/h12H,4-10H2,1-3H3,(H,24,25)(H,22,23,26)/t12-/m1/s1. The molecule has 0 radical (unpaired) electrons. The van der Waals surface area contributed by atoms with E-state index in [1.807, 2.05) is 6.92 Å². The fourth-order valence-electron chi connectivity index (χ4n) is 3.64. The summed E-state index contributed by atoms with van der Waals surface area (Å²) in [6, 6.07) is 2.26. The van der Waals surface area contributed by atoms with E-state index in [9.17, 15) is 14.9 Å². The zero-order valence-electron chi connectivity index (χ0n) is 16.6. The number of carbonyl (C=O) groups excluding carboxylic acids is 1. The van der Waals surface area contributed by atoms with Crippen LogP contribution in [0.25, 0.3) is 10.2 Å². The number of hydrogen-bond acceptors (Lipinski definition) is 6. The van der Waals surface area contributed by atoms with Crippen LogP contribution in [0.15, 0.2) is 9.95 Å². The topological polar surface area (TPSA) is 98.6 Å². The van der Waals surface area contributed by atoms with E-state index < -0.39 is 5.54 Å². The maximum Gasteiger partial charge on any atom is 0.260 e. The number of aromatic amines is 1. The second kappa shape index (κ2) is 8.66. The number of fused-ring (bicyclic) bond motifs is 1. The van der Waals surface area contributed by atoms with E-state index in [4.69, 9.17) is 0 Å². The molecule has 1 atom stereocenters. The zero-order chi connectivity index (χ0) is 20.3. The van der Waals surface area contributed by atoms with Gasteiger partial charge in [-0.15, -0.1) is 11.3 Å². The maximum atomic E-state index is 12.7. The molecule has 1 amide bonds. The molecule has 8 heteroatoms. The van der Waals surface area contributed by atoms with Crippen LogP contribution in [0.4, 0.5) is 0 Å². The molecule has 6 nitrogen and oxygen atoms in total. The van der Waals surface area contributed by atoms with Crippen LogP contribution in [0.2, 0.25) is 0 Å². The molecule has 1 fully saturated rings. The van der Waals surface area contributed by atoms with Crippen LogP contribution in [0.5, 0.6) is 0 Å². The number of amides is 1. The van der Waals surface area contributed by atoms with Crippen LogP contribution in [0.3, 0.4) is 0 Å². The molecule has 3 rings (SSSR count). The highest BCUT2D eigenvalue weighted by atomic mass is 32.2. The number of carbonyl (C=O) groups is 1. The lowest BCUT2D eigenvalue weighted by Crippen LogP contribution is -2.45. The average molecular weight is 419 g/mol. The minimum Gasteiger partial charge on any atom is -0.337 e. The van der Waals surface area contributed by atoms with Gasteiger partial charge in [-0.2, -0.15) is 5.26 Å². The first-order valence-electron chi connectivity index (χ1n) is 9.75. The molecule has 0 aliphatic heterocycles. The van der Waals surface area contributed by atoms with Crippen LogP contribution in [-0.4, -0.2) is 27.2 Å². The van der Waals surface area contributed by atoms with Crippen LogP contribution in [0, 0.1) is 24.2 Å². The smallest absolute Gasteiger partial charge is 0.260 e. The molecule has 0 unspecified atom stereocenters. The van der Waals surface area contributed by atoms with Gasteiger partial charge in [0.05, 0.1) is 17.2 Å². The van der Waals surface area contributed by atoms with Crippen molar-refractivity contribution in [2.75, 3.05) is 5.75 Å². The first-order chi connectivity index (χ1) is 13.4. The largest absolute Gasteiger partial charge is 0.337 e. The molecular weight excluding hydrogens is 392 g/mol. The third kappa shape index (κ3) is 4.41. The molecule has 1 aliphatic carbocycles. The summed E-state index contributed by atoms with van der Waals surface area (Å²) >= 11 is 2.74. The SMILES string of the molecule is CC[C@@H](C)Cc1c(C)sc2nc(SCC(=O)NC3(C#N)CCCC3)[nH]c(=O)c12. The number of nitriles is 1. The monoisotopic (exact) mass is 418 g/mol. The Labute approximate surface area is 173 Å². The van der Waals surface area contributed by atoms with Crippen molar-refractivity contribution in [2.45, 2.75) is 70.0 Å². The number of nitrogens with one attached hydrogen (secondary N) is 2. The molecule has 28 heavy (non-hydrogen) atoms. The highest BCUT2D eigenvalue weighted by molar-refractivity contribution is 7.99. The second-order valence-electron chi connectivity index (χ2n) is 7.64. The van der Waals surface area contributed by atoms with Crippen LogP contribution in [0.1, 0.15) is 56.4 Å². The summed E-state index contributed by atoms with van der Waals surface area (Å²) in [5.74, 6) is 0.440. The number of aromatic nitrogens is 2. The highest BCUT2D eigenvalue weighted by Crippen LogP contribution is 2.31. The molecule has 2 aromatic rings. The summed E-state index contributed by atoms with van der Waals surface area (Å²) in [7, 11) is 0. The minimum atomic E-state index is -0.724. The van der Waals surface area contributed by atoms with E-state index in [0.717, 1.165) is 41.0 Å². The summed E-state index contributed by atoms with van der Waals surface area (Å²) in [5.41, 5.74) is 0.229. The van der Waals surface area contributed by atoms with Crippen molar-refractivity contribution in [3.8, 4) is 6.07 Å². The molecule has 2 N–H and O–H groups in total. The van der Waals surface area contributed by atoms with Gasteiger partial charge in [0, 0.05) is 4.88 Å². The molecule has 0 aromatic carbocycles. The van der Waals surface area contributed by atoms with Gasteiger partial charge >= 0.3 is 0 Å². The summed E-state index contributed by atoms with van der Waals surface area (Å²) < 4.78 is 0. The van der Waals surface area contributed by atoms with E-state index in [0.29, 0.717) is 29.3 Å². The second-order valence-corrected chi connectivity index (χ2v) is 9.81. The molecule has 0 spiro atoms. The molecule has 1 saturated carbocycles. The fourth-order valence-corrected chi connectivity index (χ4v) is 5.41. The number of thioether (sulfide) groups is 1. The summed E-state index contributed by atoms with van der Waals surface area (Å²) in [4.78, 5) is 34.2. The van der Waals surface area contributed by atoms with E-state index in [2.05, 4.69) is 35.2 Å². The summed E-state index contributed by atoms with van der Waals surface area (Å²) in [5, 5.41) is 13.4. The van der Waals surface area contributed by atoms with Gasteiger partial charge in [-0.05, 0) is 50.5 Å². The van der Waals surface area contributed by atoms with Gasteiger partial charge < -0.3 is 10.3 Å². The normalized spacial score (nSPS) is 16.8. The lowest BCUT2D eigenvalue weighted by atomic mass is 9.98. The average Bonchev–Trinajstić information content (AvgIpc) is 3.25. The van der Waals surface area contributed by atoms with Crippen LogP contribution < -0.4 is 10.9 Å². The first-order valence-corrected chi connectivity index (χ1v) is 11.5. The highest BCUT2D eigenvalue weighted by Gasteiger charge is 2.35. The van der Waals surface area contributed by atoms with Crippen molar-refractivity contribution in [3.63, 3.8) is 0 Å². The van der Waals surface area contributed by atoms with Gasteiger partial charge in [0.2, 0.25) is 5.91 Å². The van der Waals surface area contributed by atoms with E-state index >= 15 is 0 Å². The number of nitrogens with zero attached hydrogens (tertiary/aromatic N) is 2.